The van der Waals surface area contributed by atoms with Crippen molar-refractivity contribution in [1.82, 2.24) is 15.2 Å². The Kier molecular flexibility index (Phi) is 6.23. The maximum absolute atomic E-state index is 12.6. The first-order valence-electron chi connectivity index (χ1n) is 9.29. The normalized spacial score (nSPS) is 12.3. The number of aliphatic hydroxyl groups excluding tert-OH is 1. The van der Waals surface area contributed by atoms with Gasteiger partial charge in [0.2, 0.25) is 0 Å². The number of hydrogen-bond acceptors (Lipinski definition) is 4. The van der Waals surface area contributed by atoms with Crippen LogP contribution in [0.3, 0.4) is 0 Å². The van der Waals surface area contributed by atoms with E-state index in [0.717, 1.165) is 16.3 Å². The molecule has 3 N–H and O–H groups in total. The van der Waals surface area contributed by atoms with E-state index in [1.165, 1.54) is 0 Å². The lowest BCUT2D eigenvalue weighted by Crippen LogP contribution is -2.32. The molecule has 1 heterocycles. The molecule has 3 rings (SSSR count). The maximum atomic E-state index is 12.6. The van der Waals surface area contributed by atoms with E-state index in [1.54, 1.807) is 12.1 Å². The predicted octanol–water partition coefficient (Wildman–Crippen LogP) is 2.44. The van der Waals surface area contributed by atoms with Crippen molar-refractivity contribution in [2.24, 2.45) is 0 Å². The second-order valence-corrected chi connectivity index (χ2v) is 6.95. The zero-order valence-corrected chi connectivity index (χ0v) is 16.1. The van der Waals surface area contributed by atoms with Crippen LogP contribution < -0.4 is 10.9 Å². The van der Waals surface area contributed by atoms with Crippen LogP contribution in [0.2, 0.25) is 0 Å². The van der Waals surface area contributed by atoms with E-state index >= 15 is 0 Å². The summed E-state index contributed by atoms with van der Waals surface area (Å²) in [5.74, 6) is -0.406. The third-order valence-electron chi connectivity index (χ3n) is 4.77. The number of pyridine rings is 1. The molecule has 1 unspecified atom stereocenters. The average Bonchev–Trinajstić information content (AvgIpc) is 2.67. The number of aromatic amines is 1. The molecular formula is C22H25N3O3. The number of aromatic nitrogens is 1. The lowest BCUT2D eigenvalue weighted by atomic mass is 9.99. The van der Waals surface area contributed by atoms with Gasteiger partial charge in [0.15, 0.2) is 0 Å². The summed E-state index contributed by atoms with van der Waals surface area (Å²) in [5.41, 5.74) is 1.36. The summed E-state index contributed by atoms with van der Waals surface area (Å²) in [7, 11) is 1.85. The van der Waals surface area contributed by atoms with E-state index in [1.807, 2.05) is 61.3 Å². The molecule has 3 aromatic rings. The third kappa shape index (κ3) is 4.47. The van der Waals surface area contributed by atoms with Crippen LogP contribution in [0.15, 0.2) is 59.4 Å². The Labute approximate surface area is 163 Å². The van der Waals surface area contributed by atoms with Gasteiger partial charge in [0.1, 0.15) is 5.56 Å². The van der Waals surface area contributed by atoms with Crippen LogP contribution in [0.1, 0.15) is 34.6 Å². The fourth-order valence-electron chi connectivity index (χ4n) is 3.31. The van der Waals surface area contributed by atoms with Crippen LogP contribution in [-0.4, -0.2) is 41.1 Å². The lowest BCUT2D eigenvalue weighted by molar-refractivity contribution is 0.0938. The topological polar surface area (TPSA) is 85.4 Å². The van der Waals surface area contributed by atoms with Gasteiger partial charge in [0.25, 0.3) is 11.5 Å². The summed E-state index contributed by atoms with van der Waals surface area (Å²) < 4.78 is 0. The van der Waals surface area contributed by atoms with E-state index in [-0.39, 0.29) is 18.2 Å². The number of likely N-dealkylation sites (N-methyl/N-ethyl adjacent to an activating group) is 1. The number of rotatable bonds is 7. The quantitative estimate of drug-likeness (QED) is 0.589. The van der Waals surface area contributed by atoms with Crippen LogP contribution in [0.4, 0.5) is 0 Å². The zero-order chi connectivity index (χ0) is 20.1. The molecule has 6 nitrogen and oxygen atoms in total. The number of carbonyl (C=O) groups is 1. The van der Waals surface area contributed by atoms with E-state index in [4.69, 9.17) is 5.11 Å². The van der Waals surface area contributed by atoms with Crippen LogP contribution >= 0.6 is 0 Å². The third-order valence-corrected chi connectivity index (χ3v) is 4.77. The molecule has 0 saturated heterocycles. The molecule has 1 aromatic heterocycles. The molecule has 2 aromatic carbocycles. The number of nitrogens with zero attached hydrogens (tertiary/aromatic N) is 1. The van der Waals surface area contributed by atoms with Gasteiger partial charge in [-0.3, -0.25) is 14.5 Å². The molecule has 0 bridgehead atoms. The highest BCUT2D eigenvalue weighted by atomic mass is 16.3. The number of carbonyl (C=O) groups excluding carboxylic acids is 1. The molecule has 0 fully saturated rings. The predicted molar refractivity (Wildman–Crippen MR) is 110 cm³/mol. The number of benzene rings is 2. The highest BCUT2D eigenvalue weighted by Crippen LogP contribution is 2.24. The van der Waals surface area contributed by atoms with Gasteiger partial charge >= 0.3 is 0 Å². The SMILES string of the molecule is CC(NC(=O)c1ccc(CN(C)CCO)[nH]c1=O)c1cccc2ccccc12. The molecule has 6 heteroatoms. The first-order chi connectivity index (χ1) is 13.5. The molecule has 0 radical (unpaired) electrons. The van der Waals surface area contributed by atoms with Crippen molar-refractivity contribution in [1.29, 1.82) is 0 Å². The van der Waals surface area contributed by atoms with Crippen molar-refractivity contribution in [3.63, 3.8) is 0 Å². The van der Waals surface area contributed by atoms with Crippen LogP contribution in [0.25, 0.3) is 10.8 Å². The molecular weight excluding hydrogens is 354 g/mol. The Balaban J connectivity index is 1.76. The Hall–Kier alpha value is -2.96. The monoisotopic (exact) mass is 379 g/mol. The van der Waals surface area contributed by atoms with Crippen LogP contribution in [-0.2, 0) is 6.54 Å². The molecule has 28 heavy (non-hydrogen) atoms. The Morgan fingerprint density at radius 1 is 1.14 bits per heavy atom. The molecule has 0 aliphatic heterocycles. The van der Waals surface area contributed by atoms with Gasteiger partial charge in [-0.1, -0.05) is 42.5 Å². The van der Waals surface area contributed by atoms with Gasteiger partial charge in [0.05, 0.1) is 12.6 Å². The summed E-state index contributed by atoms with van der Waals surface area (Å²) in [6.07, 6.45) is 0. The van der Waals surface area contributed by atoms with Crippen molar-refractivity contribution in [2.75, 3.05) is 20.2 Å². The largest absolute Gasteiger partial charge is 0.395 e. The Morgan fingerprint density at radius 2 is 1.89 bits per heavy atom. The summed E-state index contributed by atoms with van der Waals surface area (Å²) in [4.78, 5) is 29.6. The first kappa shape index (κ1) is 19.8. The van der Waals surface area contributed by atoms with Gasteiger partial charge in [-0.2, -0.15) is 0 Å². The van der Waals surface area contributed by atoms with Gasteiger partial charge in [-0.05, 0) is 42.4 Å². The standard InChI is InChI=1S/C22H25N3O3/c1-15(18-9-5-7-16-6-3-4-8-19(16)18)23-21(27)20-11-10-17(24-22(20)28)14-25(2)12-13-26/h3-11,15,26H,12-14H2,1-2H3,(H,23,27)(H,24,28). The van der Waals surface area contributed by atoms with Crippen molar-refractivity contribution in [2.45, 2.75) is 19.5 Å². The van der Waals surface area contributed by atoms with E-state index in [0.29, 0.717) is 18.8 Å². The highest BCUT2D eigenvalue weighted by molar-refractivity contribution is 5.94. The highest BCUT2D eigenvalue weighted by Gasteiger charge is 2.16. The number of fused-ring (bicyclic) bond motifs is 1. The van der Waals surface area contributed by atoms with Gasteiger partial charge in [0, 0.05) is 18.8 Å². The summed E-state index contributed by atoms with van der Waals surface area (Å²) >= 11 is 0. The zero-order valence-electron chi connectivity index (χ0n) is 16.1. The number of hydrogen-bond donors (Lipinski definition) is 3. The van der Waals surface area contributed by atoms with Crippen molar-refractivity contribution >= 4 is 16.7 Å². The first-order valence-corrected chi connectivity index (χ1v) is 9.29. The minimum atomic E-state index is -0.419. The Morgan fingerprint density at radius 3 is 2.64 bits per heavy atom. The number of nitrogens with one attached hydrogen (secondary N) is 2. The number of aliphatic hydroxyl groups is 1. The molecule has 0 saturated carbocycles. The minimum absolute atomic E-state index is 0.0489. The van der Waals surface area contributed by atoms with Crippen molar-refractivity contribution in [3.8, 4) is 0 Å². The van der Waals surface area contributed by atoms with Crippen molar-refractivity contribution in [3.05, 3.63) is 81.8 Å². The molecule has 1 atom stereocenters. The summed E-state index contributed by atoms with van der Waals surface area (Å²) in [6.45, 7) is 2.95. The van der Waals surface area contributed by atoms with E-state index in [9.17, 15) is 9.59 Å². The van der Waals surface area contributed by atoms with Gasteiger partial charge in [-0.15, -0.1) is 0 Å². The summed E-state index contributed by atoms with van der Waals surface area (Å²) in [5, 5.41) is 14.1. The lowest BCUT2D eigenvalue weighted by Gasteiger charge is -2.17. The molecule has 0 aliphatic rings. The molecule has 0 aliphatic carbocycles. The van der Waals surface area contributed by atoms with E-state index < -0.39 is 11.5 Å². The van der Waals surface area contributed by atoms with Crippen LogP contribution in [0.5, 0.6) is 0 Å². The van der Waals surface area contributed by atoms with Crippen LogP contribution in [0, 0.1) is 0 Å². The number of amides is 1. The fraction of sp³-hybridized carbons (Fsp3) is 0.273. The van der Waals surface area contributed by atoms with Crippen molar-refractivity contribution < 1.29 is 9.90 Å². The second kappa shape index (κ2) is 8.82. The molecule has 0 spiro atoms. The van der Waals surface area contributed by atoms with Gasteiger partial charge in [-0.25, -0.2) is 0 Å². The Bertz CT molecular complexity index is 1020. The fourth-order valence-corrected chi connectivity index (χ4v) is 3.31. The number of H-pyrrole nitrogens is 1. The molecule has 146 valence electrons. The van der Waals surface area contributed by atoms with E-state index in [2.05, 4.69) is 10.3 Å². The van der Waals surface area contributed by atoms with Gasteiger partial charge < -0.3 is 15.4 Å². The maximum Gasteiger partial charge on any atom is 0.261 e. The average molecular weight is 379 g/mol. The summed E-state index contributed by atoms with van der Waals surface area (Å²) in [6, 6.07) is 17.0. The minimum Gasteiger partial charge on any atom is -0.395 e. The molecule has 1 amide bonds. The smallest absolute Gasteiger partial charge is 0.261 e. The second-order valence-electron chi connectivity index (χ2n) is 6.95.